The summed E-state index contributed by atoms with van der Waals surface area (Å²) in [6.45, 7) is 4.48. The number of hydrogen-bond donors (Lipinski definition) is 2. The summed E-state index contributed by atoms with van der Waals surface area (Å²) < 4.78 is 20.8. The summed E-state index contributed by atoms with van der Waals surface area (Å²) in [6, 6.07) is 0. The monoisotopic (exact) mass is 279 g/mol. The largest absolute Gasteiger partial charge is 0.481 e. The number of carboxylic acid groups (broad SMARTS) is 1. The number of carboxylic acids is 1. The lowest BCUT2D eigenvalue weighted by molar-refractivity contribution is -0.138. The summed E-state index contributed by atoms with van der Waals surface area (Å²) in [7, 11) is 0. The van der Waals surface area contributed by atoms with Crippen molar-refractivity contribution in [3.63, 3.8) is 0 Å². The van der Waals surface area contributed by atoms with E-state index < -0.39 is 5.97 Å². The molecule has 0 heterocycles. The van der Waals surface area contributed by atoms with E-state index in [9.17, 15) is 4.79 Å². The van der Waals surface area contributed by atoms with Crippen LogP contribution in [0, 0.1) is 0 Å². The highest BCUT2D eigenvalue weighted by molar-refractivity contribution is 5.66. The third-order valence-electron chi connectivity index (χ3n) is 2.07. The Kier molecular flexibility index (Phi) is 14.7. The lowest BCUT2D eigenvalue weighted by Gasteiger charge is -2.06. The maximum Gasteiger partial charge on any atom is 0.305 e. The van der Waals surface area contributed by atoms with Crippen molar-refractivity contribution in [2.75, 3.05) is 59.4 Å². The molecule has 0 aromatic heterocycles. The molecule has 7 nitrogen and oxygen atoms in total. The van der Waals surface area contributed by atoms with Crippen molar-refractivity contribution in [3.05, 3.63) is 0 Å². The summed E-state index contributed by atoms with van der Waals surface area (Å²) in [5.41, 5.74) is 5.32. The van der Waals surface area contributed by atoms with Gasteiger partial charge in [0.05, 0.1) is 52.7 Å². The number of hydrogen-bond acceptors (Lipinski definition) is 6. The van der Waals surface area contributed by atoms with E-state index in [-0.39, 0.29) is 13.0 Å². The third kappa shape index (κ3) is 17.3. The molecule has 0 aromatic carbocycles. The van der Waals surface area contributed by atoms with Crippen LogP contribution in [-0.4, -0.2) is 70.5 Å². The van der Waals surface area contributed by atoms with Gasteiger partial charge in [0.2, 0.25) is 0 Å². The molecule has 0 saturated heterocycles. The first kappa shape index (κ1) is 18.3. The Hall–Kier alpha value is -0.730. The van der Waals surface area contributed by atoms with Gasteiger partial charge in [0.25, 0.3) is 0 Å². The Labute approximate surface area is 114 Å². The van der Waals surface area contributed by atoms with Crippen LogP contribution in [0.4, 0.5) is 0 Å². The van der Waals surface area contributed by atoms with Gasteiger partial charge in [0.1, 0.15) is 0 Å². The molecule has 0 bridgehead atoms. The molecular formula is C12H25NO6. The number of aliphatic carboxylic acids is 1. The van der Waals surface area contributed by atoms with Gasteiger partial charge in [-0.2, -0.15) is 0 Å². The SMILES string of the molecule is NCCCOCCOCCOCCOCCC(=O)O. The summed E-state index contributed by atoms with van der Waals surface area (Å²) in [6.07, 6.45) is 0.887. The Morgan fingerprint density at radius 2 is 1.21 bits per heavy atom. The zero-order valence-electron chi connectivity index (χ0n) is 11.3. The first-order valence-electron chi connectivity index (χ1n) is 6.50. The van der Waals surface area contributed by atoms with E-state index in [1.807, 2.05) is 0 Å². The molecule has 114 valence electrons. The van der Waals surface area contributed by atoms with Crippen molar-refractivity contribution in [2.24, 2.45) is 5.73 Å². The molecule has 0 unspecified atom stereocenters. The van der Waals surface area contributed by atoms with Gasteiger partial charge in [-0.1, -0.05) is 0 Å². The second-order valence-corrected chi connectivity index (χ2v) is 3.74. The smallest absolute Gasteiger partial charge is 0.305 e. The lowest BCUT2D eigenvalue weighted by atomic mass is 10.5. The van der Waals surface area contributed by atoms with Crippen molar-refractivity contribution in [3.8, 4) is 0 Å². The minimum absolute atomic E-state index is 0.0211. The molecule has 0 spiro atoms. The molecule has 0 aliphatic carbocycles. The van der Waals surface area contributed by atoms with Crippen LogP contribution in [-0.2, 0) is 23.7 Å². The standard InChI is InChI=1S/C12H25NO6/c13-3-1-4-16-6-8-18-10-11-19-9-7-17-5-2-12(14)15/h1-11,13H2,(H,14,15). The van der Waals surface area contributed by atoms with Crippen molar-refractivity contribution in [1.82, 2.24) is 0 Å². The minimum atomic E-state index is -0.858. The lowest BCUT2D eigenvalue weighted by Crippen LogP contribution is -2.13. The molecule has 0 rings (SSSR count). The summed E-state index contributed by atoms with van der Waals surface area (Å²) in [4.78, 5) is 10.2. The van der Waals surface area contributed by atoms with Crippen molar-refractivity contribution < 1.29 is 28.8 Å². The number of rotatable bonds is 15. The van der Waals surface area contributed by atoms with Gasteiger partial charge in [0, 0.05) is 6.61 Å². The number of carbonyl (C=O) groups is 1. The molecule has 0 aliphatic heterocycles. The van der Waals surface area contributed by atoms with Crippen LogP contribution in [0.5, 0.6) is 0 Å². The fourth-order valence-electron chi connectivity index (χ4n) is 1.11. The molecule has 0 amide bonds. The average Bonchev–Trinajstić information content (AvgIpc) is 2.39. The normalized spacial score (nSPS) is 10.8. The van der Waals surface area contributed by atoms with E-state index in [2.05, 4.69) is 0 Å². The Morgan fingerprint density at radius 3 is 1.63 bits per heavy atom. The van der Waals surface area contributed by atoms with Crippen LogP contribution in [0.15, 0.2) is 0 Å². The molecule has 0 aliphatic rings. The van der Waals surface area contributed by atoms with E-state index in [1.54, 1.807) is 0 Å². The number of ether oxygens (including phenoxy) is 4. The second-order valence-electron chi connectivity index (χ2n) is 3.74. The highest BCUT2D eigenvalue weighted by atomic mass is 16.6. The molecular weight excluding hydrogens is 254 g/mol. The molecule has 19 heavy (non-hydrogen) atoms. The summed E-state index contributed by atoms with van der Waals surface area (Å²) in [5.74, 6) is -0.858. The van der Waals surface area contributed by atoms with Crippen LogP contribution in [0.3, 0.4) is 0 Å². The third-order valence-corrected chi connectivity index (χ3v) is 2.07. The molecule has 0 radical (unpaired) electrons. The van der Waals surface area contributed by atoms with Crippen LogP contribution in [0.25, 0.3) is 0 Å². The van der Waals surface area contributed by atoms with E-state index in [0.717, 1.165) is 6.42 Å². The first-order valence-corrected chi connectivity index (χ1v) is 6.50. The van der Waals surface area contributed by atoms with Crippen molar-refractivity contribution in [2.45, 2.75) is 12.8 Å². The van der Waals surface area contributed by atoms with Gasteiger partial charge < -0.3 is 29.8 Å². The highest BCUT2D eigenvalue weighted by Gasteiger charge is 1.96. The van der Waals surface area contributed by atoms with Crippen LogP contribution >= 0.6 is 0 Å². The van der Waals surface area contributed by atoms with E-state index in [4.69, 9.17) is 29.8 Å². The van der Waals surface area contributed by atoms with Crippen molar-refractivity contribution in [1.29, 1.82) is 0 Å². The van der Waals surface area contributed by atoms with E-state index in [0.29, 0.717) is 52.8 Å². The Bertz CT molecular complexity index is 203. The molecule has 0 aromatic rings. The maximum atomic E-state index is 10.2. The van der Waals surface area contributed by atoms with Crippen LogP contribution < -0.4 is 5.73 Å². The molecule has 0 saturated carbocycles. The van der Waals surface area contributed by atoms with Gasteiger partial charge in [-0.15, -0.1) is 0 Å². The fourth-order valence-corrected chi connectivity index (χ4v) is 1.11. The number of nitrogens with two attached hydrogens (primary N) is 1. The van der Waals surface area contributed by atoms with E-state index in [1.165, 1.54) is 0 Å². The van der Waals surface area contributed by atoms with Gasteiger partial charge in [-0.25, -0.2) is 0 Å². The van der Waals surface area contributed by atoms with Crippen LogP contribution in [0.2, 0.25) is 0 Å². The molecule has 0 atom stereocenters. The summed E-state index contributed by atoms with van der Waals surface area (Å²) in [5, 5.41) is 8.36. The predicted octanol–water partition coefficient (Wildman–Crippen LogP) is -0.124. The molecule has 0 fully saturated rings. The zero-order valence-corrected chi connectivity index (χ0v) is 11.3. The van der Waals surface area contributed by atoms with Gasteiger partial charge >= 0.3 is 5.97 Å². The van der Waals surface area contributed by atoms with E-state index >= 15 is 0 Å². The van der Waals surface area contributed by atoms with Gasteiger partial charge in [-0.3, -0.25) is 4.79 Å². The fraction of sp³-hybridized carbons (Fsp3) is 0.917. The van der Waals surface area contributed by atoms with Crippen molar-refractivity contribution >= 4 is 5.97 Å². The van der Waals surface area contributed by atoms with Crippen LogP contribution in [0.1, 0.15) is 12.8 Å². The predicted molar refractivity (Wildman–Crippen MR) is 69.2 cm³/mol. The quantitative estimate of drug-likeness (QED) is 0.403. The Morgan fingerprint density at radius 1 is 0.789 bits per heavy atom. The average molecular weight is 279 g/mol. The highest BCUT2D eigenvalue weighted by Crippen LogP contribution is 1.85. The van der Waals surface area contributed by atoms with Gasteiger partial charge in [-0.05, 0) is 13.0 Å². The molecule has 3 N–H and O–H groups in total. The Balaban J connectivity index is 2.93. The maximum absolute atomic E-state index is 10.2. The summed E-state index contributed by atoms with van der Waals surface area (Å²) >= 11 is 0. The van der Waals surface area contributed by atoms with Gasteiger partial charge in [0.15, 0.2) is 0 Å². The second kappa shape index (κ2) is 15.3. The minimum Gasteiger partial charge on any atom is -0.481 e. The first-order chi connectivity index (χ1) is 9.27. The zero-order chi connectivity index (χ0) is 14.2. The molecule has 7 heteroatoms. The topological polar surface area (TPSA) is 100 Å².